The molecule has 1 fully saturated rings. The van der Waals surface area contributed by atoms with Gasteiger partial charge in [0.1, 0.15) is 5.82 Å². The minimum Gasteiger partial charge on any atom is -0.383 e. The van der Waals surface area contributed by atoms with Crippen LogP contribution in [0, 0.1) is 5.82 Å². The lowest BCUT2D eigenvalue weighted by Crippen LogP contribution is -2.34. The van der Waals surface area contributed by atoms with Crippen molar-refractivity contribution in [2.24, 2.45) is 0 Å². The molecule has 1 saturated heterocycles. The molecule has 1 amide bonds. The van der Waals surface area contributed by atoms with E-state index in [1.54, 1.807) is 24.3 Å². The third-order valence-electron chi connectivity index (χ3n) is 4.80. The van der Waals surface area contributed by atoms with Crippen LogP contribution in [0.3, 0.4) is 0 Å². The quantitative estimate of drug-likeness (QED) is 0.741. The van der Waals surface area contributed by atoms with Gasteiger partial charge in [-0.2, -0.15) is 0 Å². The van der Waals surface area contributed by atoms with Gasteiger partial charge in [-0.25, -0.2) is 4.39 Å². The molecule has 0 spiro atoms. The highest BCUT2D eigenvalue weighted by Gasteiger charge is 2.17. The third kappa shape index (κ3) is 5.68. The molecule has 2 aromatic carbocycles. The molecule has 1 heterocycles. The van der Waals surface area contributed by atoms with Crippen LogP contribution in [0.2, 0.25) is 5.02 Å². The molecule has 2 aromatic rings. The number of piperidine rings is 1. The molecule has 0 unspecified atom stereocenters. The zero-order chi connectivity index (χ0) is 19.1. The van der Waals surface area contributed by atoms with Crippen LogP contribution in [0.5, 0.6) is 0 Å². The van der Waals surface area contributed by atoms with Crippen LogP contribution in [0.4, 0.5) is 10.1 Å². The fraction of sp³-hybridized carbons (Fsp3) is 0.381. The molecule has 0 bridgehead atoms. The Morgan fingerprint density at radius 1 is 1.07 bits per heavy atom. The molecule has 4 nitrogen and oxygen atoms in total. The van der Waals surface area contributed by atoms with Gasteiger partial charge in [-0.05, 0) is 55.8 Å². The normalized spacial score (nSPS) is 14.7. The van der Waals surface area contributed by atoms with Gasteiger partial charge in [0.05, 0.1) is 5.56 Å². The summed E-state index contributed by atoms with van der Waals surface area (Å²) < 4.78 is 14.3. The van der Waals surface area contributed by atoms with E-state index in [4.69, 9.17) is 11.6 Å². The van der Waals surface area contributed by atoms with Gasteiger partial charge in [-0.3, -0.25) is 4.79 Å². The summed E-state index contributed by atoms with van der Waals surface area (Å²) in [6, 6.07) is 11.9. The Morgan fingerprint density at radius 2 is 1.81 bits per heavy atom. The molecule has 27 heavy (non-hydrogen) atoms. The number of halogens is 2. The van der Waals surface area contributed by atoms with E-state index in [9.17, 15) is 9.18 Å². The van der Waals surface area contributed by atoms with Crippen molar-refractivity contribution >= 4 is 23.2 Å². The Balaban J connectivity index is 1.59. The van der Waals surface area contributed by atoms with E-state index in [1.807, 2.05) is 12.1 Å². The minimum atomic E-state index is -0.522. The van der Waals surface area contributed by atoms with Crippen LogP contribution in [-0.2, 0) is 6.54 Å². The van der Waals surface area contributed by atoms with E-state index >= 15 is 0 Å². The topological polar surface area (TPSA) is 44.4 Å². The fourth-order valence-electron chi connectivity index (χ4n) is 3.31. The van der Waals surface area contributed by atoms with Crippen molar-refractivity contribution in [1.29, 1.82) is 0 Å². The summed E-state index contributed by atoms with van der Waals surface area (Å²) in [5.41, 5.74) is 1.49. The van der Waals surface area contributed by atoms with Gasteiger partial charge in [-0.15, -0.1) is 0 Å². The van der Waals surface area contributed by atoms with Gasteiger partial charge in [0.25, 0.3) is 5.91 Å². The number of rotatable bonds is 7. The van der Waals surface area contributed by atoms with Gasteiger partial charge in [-0.1, -0.05) is 36.2 Å². The molecule has 0 aromatic heterocycles. The third-order valence-corrected chi connectivity index (χ3v) is 5.05. The lowest BCUT2D eigenvalue weighted by molar-refractivity contribution is 0.0947. The zero-order valence-electron chi connectivity index (χ0n) is 15.3. The molecule has 0 atom stereocenters. The maximum absolute atomic E-state index is 14.3. The summed E-state index contributed by atoms with van der Waals surface area (Å²) in [5.74, 6) is -0.949. The highest BCUT2D eigenvalue weighted by Crippen LogP contribution is 2.19. The summed E-state index contributed by atoms with van der Waals surface area (Å²) >= 11 is 5.87. The average molecular weight is 390 g/mol. The maximum atomic E-state index is 14.3. The van der Waals surface area contributed by atoms with E-state index in [2.05, 4.69) is 15.5 Å². The fourth-order valence-corrected chi connectivity index (χ4v) is 3.43. The van der Waals surface area contributed by atoms with Gasteiger partial charge < -0.3 is 15.5 Å². The number of likely N-dealkylation sites (tertiary alicyclic amines) is 1. The second kappa shape index (κ2) is 9.72. The van der Waals surface area contributed by atoms with Crippen LogP contribution < -0.4 is 10.6 Å². The van der Waals surface area contributed by atoms with Crippen LogP contribution in [0.25, 0.3) is 0 Å². The van der Waals surface area contributed by atoms with Crippen LogP contribution in [-0.4, -0.2) is 37.0 Å². The molecular formula is C21H25ClFN3O. The molecule has 144 valence electrons. The van der Waals surface area contributed by atoms with Gasteiger partial charge >= 0.3 is 0 Å². The van der Waals surface area contributed by atoms with Crippen LogP contribution in [0.15, 0.2) is 42.5 Å². The summed E-state index contributed by atoms with van der Waals surface area (Å²) in [6.07, 6.45) is 3.77. The number of anilines is 1. The SMILES string of the molecule is O=C(NCc1ccc(Cl)cc1)c1c(F)cccc1NCCN1CCCCC1. The highest BCUT2D eigenvalue weighted by molar-refractivity contribution is 6.30. The van der Waals surface area contributed by atoms with Gasteiger partial charge in [0, 0.05) is 30.3 Å². The second-order valence-corrected chi connectivity index (χ2v) is 7.24. The first-order valence-corrected chi connectivity index (χ1v) is 9.78. The first kappa shape index (κ1) is 19.6. The van der Waals surface area contributed by atoms with E-state index in [0.29, 0.717) is 23.8 Å². The molecule has 1 aliphatic heterocycles. The Kier molecular flexibility index (Phi) is 7.07. The van der Waals surface area contributed by atoms with Crippen molar-refractivity contribution in [3.63, 3.8) is 0 Å². The number of benzene rings is 2. The van der Waals surface area contributed by atoms with Crippen molar-refractivity contribution in [3.05, 3.63) is 64.4 Å². The standard InChI is InChI=1S/C21H25ClFN3O/c22-17-9-7-16(8-10-17)15-25-21(27)20-18(23)5-4-6-19(20)24-11-14-26-12-2-1-3-13-26/h4-10,24H,1-3,11-15H2,(H,25,27). The predicted molar refractivity (Wildman–Crippen MR) is 108 cm³/mol. The number of nitrogens with zero attached hydrogens (tertiary/aromatic N) is 1. The molecule has 0 aliphatic carbocycles. The van der Waals surface area contributed by atoms with Crippen molar-refractivity contribution < 1.29 is 9.18 Å². The van der Waals surface area contributed by atoms with Gasteiger partial charge in [0.15, 0.2) is 0 Å². The zero-order valence-corrected chi connectivity index (χ0v) is 16.1. The Morgan fingerprint density at radius 3 is 2.56 bits per heavy atom. The van der Waals surface area contributed by atoms with E-state index in [1.165, 1.54) is 25.3 Å². The predicted octanol–water partition coefficient (Wildman–Crippen LogP) is 4.31. The second-order valence-electron chi connectivity index (χ2n) is 6.80. The van der Waals surface area contributed by atoms with Crippen molar-refractivity contribution in [3.8, 4) is 0 Å². The first-order chi connectivity index (χ1) is 13.1. The monoisotopic (exact) mass is 389 g/mol. The molecule has 6 heteroatoms. The number of carbonyl (C=O) groups is 1. The van der Waals surface area contributed by atoms with Crippen molar-refractivity contribution in [1.82, 2.24) is 10.2 Å². The molecule has 3 rings (SSSR count). The number of hydrogen-bond acceptors (Lipinski definition) is 3. The van der Waals surface area contributed by atoms with E-state index in [0.717, 1.165) is 25.2 Å². The number of amides is 1. The van der Waals surface area contributed by atoms with Crippen molar-refractivity contribution in [2.45, 2.75) is 25.8 Å². The molecule has 2 N–H and O–H groups in total. The van der Waals surface area contributed by atoms with Crippen LogP contribution in [0.1, 0.15) is 35.2 Å². The number of carbonyl (C=O) groups excluding carboxylic acids is 1. The number of hydrogen-bond donors (Lipinski definition) is 2. The Hall–Kier alpha value is -2.11. The maximum Gasteiger partial charge on any atom is 0.256 e. The number of nitrogens with one attached hydrogen (secondary N) is 2. The average Bonchev–Trinajstić information content (AvgIpc) is 2.68. The van der Waals surface area contributed by atoms with Gasteiger partial charge in [0.2, 0.25) is 0 Å². The molecule has 0 saturated carbocycles. The highest BCUT2D eigenvalue weighted by atomic mass is 35.5. The lowest BCUT2D eigenvalue weighted by Gasteiger charge is -2.26. The van der Waals surface area contributed by atoms with Crippen molar-refractivity contribution in [2.75, 3.05) is 31.5 Å². The molecule has 1 aliphatic rings. The Bertz CT molecular complexity index is 761. The molecule has 0 radical (unpaired) electrons. The van der Waals surface area contributed by atoms with E-state index in [-0.39, 0.29) is 5.56 Å². The first-order valence-electron chi connectivity index (χ1n) is 9.41. The molecular weight excluding hydrogens is 365 g/mol. The van der Waals surface area contributed by atoms with Crippen LogP contribution >= 0.6 is 11.6 Å². The summed E-state index contributed by atoms with van der Waals surface area (Å²) in [6.45, 7) is 4.11. The Labute approximate surface area is 164 Å². The lowest BCUT2D eigenvalue weighted by atomic mass is 10.1. The smallest absolute Gasteiger partial charge is 0.256 e. The largest absolute Gasteiger partial charge is 0.383 e. The summed E-state index contributed by atoms with van der Waals surface area (Å²) in [4.78, 5) is 15.0. The summed E-state index contributed by atoms with van der Waals surface area (Å²) in [5, 5.41) is 6.65. The van der Waals surface area contributed by atoms with E-state index < -0.39 is 11.7 Å². The minimum absolute atomic E-state index is 0.0603. The summed E-state index contributed by atoms with van der Waals surface area (Å²) in [7, 11) is 0.